The van der Waals surface area contributed by atoms with E-state index in [0.29, 0.717) is 0 Å². The summed E-state index contributed by atoms with van der Waals surface area (Å²) >= 11 is 0. The lowest BCUT2D eigenvalue weighted by molar-refractivity contribution is 0.584. The molecule has 1 aromatic heterocycles. The van der Waals surface area contributed by atoms with Crippen molar-refractivity contribution in [3.8, 4) is 0 Å². The number of rotatable bonds is 3. The fourth-order valence-electron chi connectivity index (χ4n) is 1.11. The first kappa shape index (κ1) is 9.26. The van der Waals surface area contributed by atoms with Gasteiger partial charge in [0.05, 0.1) is 5.69 Å². The maximum absolute atomic E-state index is 5.62. The molecule has 1 unspecified atom stereocenters. The van der Waals surface area contributed by atoms with Crippen LogP contribution < -0.4 is 10.8 Å². The summed E-state index contributed by atoms with van der Waals surface area (Å²) in [7, 11) is 5.62. The Balaban J connectivity index is 2.73. The zero-order valence-corrected chi connectivity index (χ0v) is 7.54. The number of nitrogens with one attached hydrogen (secondary N) is 1. The van der Waals surface area contributed by atoms with Crippen molar-refractivity contribution in [2.24, 2.45) is 0 Å². The molecule has 2 radical (unpaired) electrons. The number of aromatic nitrogens is 1. The third-order valence-corrected chi connectivity index (χ3v) is 1.76. The molecule has 0 saturated heterocycles. The van der Waals surface area contributed by atoms with Crippen molar-refractivity contribution in [3.63, 3.8) is 0 Å². The summed E-state index contributed by atoms with van der Waals surface area (Å²) in [6.45, 7) is 5.09. The Hall–Kier alpha value is -0.825. The lowest BCUT2D eigenvalue weighted by Crippen LogP contribution is -2.20. The number of nitrogens with zero attached hydrogens (tertiary/aromatic N) is 1. The molecule has 3 heteroatoms. The number of pyridine rings is 1. The molecular formula is C9H13BN2. The summed E-state index contributed by atoms with van der Waals surface area (Å²) in [6, 6.07) is 3.97. The standard InChI is InChI=1S/C9H13BN2/c1-3-11-7(2)9-6-8(10)4-5-12-9/h4-7,11H,3H2,1-2H3. The van der Waals surface area contributed by atoms with Gasteiger partial charge in [0.25, 0.3) is 0 Å². The van der Waals surface area contributed by atoms with Gasteiger partial charge in [0.1, 0.15) is 7.85 Å². The fourth-order valence-corrected chi connectivity index (χ4v) is 1.11. The van der Waals surface area contributed by atoms with Gasteiger partial charge in [-0.15, -0.1) is 0 Å². The second kappa shape index (κ2) is 4.26. The predicted molar refractivity (Wildman–Crippen MR) is 51.7 cm³/mol. The Morgan fingerprint density at radius 3 is 3.00 bits per heavy atom. The lowest BCUT2D eigenvalue weighted by atomic mass is 9.96. The van der Waals surface area contributed by atoms with E-state index in [2.05, 4.69) is 24.1 Å². The molecule has 1 rings (SSSR count). The van der Waals surface area contributed by atoms with Crippen LogP contribution in [0.25, 0.3) is 0 Å². The van der Waals surface area contributed by atoms with Crippen LogP contribution in [0.2, 0.25) is 0 Å². The fraction of sp³-hybridized carbons (Fsp3) is 0.444. The van der Waals surface area contributed by atoms with Gasteiger partial charge < -0.3 is 5.32 Å². The monoisotopic (exact) mass is 160 g/mol. The van der Waals surface area contributed by atoms with Crippen LogP contribution in [0.4, 0.5) is 0 Å². The van der Waals surface area contributed by atoms with Crippen LogP contribution in [0.3, 0.4) is 0 Å². The highest BCUT2D eigenvalue weighted by Crippen LogP contribution is 2.05. The van der Waals surface area contributed by atoms with Crippen molar-refractivity contribution in [1.82, 2.24) is 10.3 Å². The number of hydrogen-bond acceptors (Lipinski definition) is 2. The SMILES string of the molecule is [B]c1ccnc(C(C)NCC)c1. The molecule has 0 spiro atoms. The summed E-state index contributed by atoms with van der Waals surface area (Å²) in [4.78, 5) is 4.22. The molecule has 0 bridgehead atoms. The van der Waals surface area contributed by atoms with E-state index in [0.717, 1.165) is 17.7 Å². The van der Waals surface area contributed by atoms with Crippen molar-refractivity contribution in [2.45, 2.75) is 19.9 Å². The molecule has 12 heavy (non-hydrogen) atoms. The molecule has 0 amide bonds. The molecule has 0 aliphatic heterocycles. The van der Waals surface area contributed by atoms with Crippen molar-refractivity contribution in [3.05, 3.63) is 24.0 Å². The summed E-state index contributed by atoms with van der Waals surface area (Å²) in [6.07, 6.45) is 1.73. The van der Waals surface area contributed by atoms with Crippen LogP contribution >= 0.6 is 0 Å². The van der Waals surface area contributed by atoms with E-state index in [1.807, 2.05) is 6.07 Å². The summed E-state index contributed by atoms with van der Waals surface area (Å²) in [5, 5.41) is 3.27. The van der Waals surface area contributed by atoms with Crippen LogP contribution in [0, 0.1) is 0 Å². The molecule has 0 aromatic carbocycles. The molecule has 1 N–H and O–H groups in total. The lowest BCUT2D eigenvalue weighted by Gasteiger charge is -2.11. The first-order valence-corrected chi connectivity index (χ1v) is 4.19. The Morgan fingerprint density at radius 1 is 1.67 bits per heavy atom. The minimum atomic E-state index is 0.276. The second-order valence-corrected chi connectivity index (χ2v) is 2.79. The molecule has 1 aromatic rings. The van der Waals surface area contributed by atoms with E-state index < -0.39 is 0 Å². The van der Waals surface area contributed by atoms with Gasteiger partial charge in [0.2, 0.25) is 0 Å². The molecular weight excluding hydrogens is 147 g/mol. The van der Waals surface area contributed by atoms with Gasteiger partial charge in [-0.05, 0) is 19.5 Å². The second-order valence-electron chi connectivity index (χ2n) is 2.79. The van der Waals surface area contributed by atoms with E-state index >= 15 is 0 Å². The highest BCUT2D eigenvalue weighted by Gasteiger charge is 2.03. The van der Waals surface area contributed by atoms with Gasteiger partial charge in [0.15, 0.2) is 0 Å². The van der Waals surface area contributed by atoms with Crippen LogP contribution in [0.5, 0.6) is 0 Å². The smallest absolute Gasteiger partial charge is 0.113 e. The van der Waals surface area contributed by atoms with Gasteiger partial charge in [-0.2, -0.15) is 0 Å². The van der Waals surface area contributed by atoms with Gasteiger partial charge in [-0.1, -0.05) is 18.5 Å². The Morgan fingerprint density at radius 2 is 2.42 bits per heavy atom. The van der Waals surface area contributed by atoms with E-state index in [-0.39, 0.29) is 6.04 Å². The topological polar surface area (TPSA) is 24.9 Å². The molecule has 0 aliphatic rings. The zero-order chi connectivity index (χ0) is 8.97. The highest BCUT2D eigenvalue weighted by molar-refractivity contribution is 6.32. The van der Waals surface area contributed by atoms with Gasteiger partial charge in [-0.3, -0.25) is 4.98 Å². The van der Waals surface area contributed by atoms with Crippen LogP contribution in [0.1, 0.15) is 25.6 Å². The van der Waals surface area contributed by atoms with E-state index in [4.69, 9.17) is 7.85 Å². The molecule has 0 fully saturated rings. The molecule has 62 valence electrons. The highest BCUT2D eigenvalue weighted by atomic mass is 14.9. The first-order valence-electron chi connectivity index (χ1n) is 4.19. The molecule has 0 saturated carbocycles. The normalized spacial score (nSPS) is 12.8. The van der Waals surface area contributed by atoms with Crippen molar-refractivity contribution in [2.75, 3.05) is 6.54 Å². The first-order chi connectivity index (χ1) is 5.74. The van der Waals surface area contributed by atoms with E-state index in [9.17, 15) is 0 Å². The van der Waals surface area contributed by atoms with Gasteiger partial charge in [0, 0.05) is 12.2 Å². The minimum absolute atomic E-state index is 0.276. The van der Waals surface area contributed by atoms with Crippen LogP contribution in [-0.2, 0) is 0 Å². The van der Waals surface area contributed by atoms with Crippen molar-refractivity contribution in [1.29, 1.82) is 0 Å². The average molecular weight is 160 g/mol. The Bertz CT molecular complexity index is 250. The predicted octanol–water partition coefficient (Wildman–Crippen LogP) is 0.546. The molecule has 1 heterocycles. The average Bonchev–Trinajstić information content (AvgIpc) is 2.05. The van der Waals surface area contributed by atoms with Crippen LogP contribution in [-0.4, -0.2) is 19.4 Å². The van der Waals surface area contributed by atoms with E-state index in [1.165, 1.54) is 0 Å². The van der Waals surface area contributed by atoms with Gasteiger partial charge >= 0.3 is 0 Å². The Labute approximate surface area is 74.8 Å². The summed E-state index contributed by atoms with van der Waals surface area (Å²) in [5.41, 5.74) is 1.77. The molecule has 1 atom stereocenters. The maximum Gasteiger partial charge on any atom is 0.113 e. The summed E-state index contributed by atoms with van der Waals surface area (Å²) in [5.74, 6) is 0. The minimum Gasteiger partial charge on any atom is -0.309 e. The molecule has 2 nitrogen and oxygen atoms in total. The maximum atomic E-state index is 5.62. The van der Waals surface area contributed by atoms with E-state index in [1.54, 1.807) is 12.3 Å². The molecule has 0 aliphatic carbocycles. The van der Waals surface area contributed by atoms with Crippen LogP contribution in [0.15, 0.2) is 18.3 Å². The number of hydrogen-bond donors (Lipinski definition) is 1. The third kappa shape index (κ3) is 2.34. The van der Waals surface area contributed by atoms with Gasteiger partial charge in [-0.25, -0.2) is 0 Å². The summed E-state index contributed by atoms with van der Waals surface area (Å²) < 4.78 is 0. The largest absolute Gasteiger partial charge is 0.309 e. The Kier molecular flexibility index (Phi) is 3.29. The van der Waals surface area contributed by atoms with Crippen molar-refractivity contribution >= 4 is 13.3 Å². The zero-order valence-electron chi connectivity index (χ0n) is 7.54. The quantitative estimate of drug-likeness (QED) is 0.653. The van der Waals surface area contributed by atoms with Crippen molar-refractivity contribution < 1.29 is 0 Å². The third-order valence-electron chi connectivity index (χ3n) is 1.76.